The molecule has 2 N–H and O–H groups in total. The molecule has 0 radical (unpaired) electrons. The molecule has 5 nitrogen and oxygen atoms in total. The molecular weight excluding hydrogens is 286 g/mol. The van der Waals surface area contributed by atoms with Gasteiger partial charge >= 0.3 is 0 Å². The van der Waals surface area contributed by atoms with Crippen molar-refractivity contribution in [1.29, 1.82) is 0 Å². The lowest BCUT2D eigenvalue weighted by molar-refractivity contribution is 0.0250. The molecule has 0 amide bonds. The van der Waals surface area contributed by atoms with Crippen LogP contribution >= 0.6 is 11.3 Å². The molecule has 2 heterocycles. The summed E-state index contributed by atoms with van der Waals surface area (Å²) in [6.45, 7) is 2.94. The smallest absolute Gasteiger partial charge is 0.250 e. The van der Waals surface area contributed by atoms with Crippen LogP contribution in [0.3, 0.4) is 0 Å². The second kappa shape index (κ2) is 5.88. The van der Waals surface area contributed by atoms with Crippen LogP contribution in [0.5, 0.6) is 0 Å². The summed E-state index contributed by atoms with van der Waals surface area (Å²) in [4.78, 5) is 0.867. The van der Waals surface area contributed by atoms with Crippen LogP contribution < -0.4 is 4.72 Å². The summed E-state index contributed by atoms with van der Waals surface area (Å²) >= 11 is 1.19. The molecule has 0 bridgehead atoms. The van der Waals surface area contributed by atoms with Gasteiger partial charge in [0.25, 0.3) is 0 Å². The van der Waals surface area contributed by atoms with E-state index in [0.29, 0.717) is 19.6 Å². The van der Waals surface area contributed by atoms with Crippen LogP contribution in [-0.4, -0.2) is 38.9 Å². The molecular formula is C12H19NO4S2. The SMILES string of the molecule is CC1(CNS(=O)(=O)c2ccc(CCO)s2)CCCO1. The minimum atomic E-state index is -3.48. The molecule has 0 aliphatic carbocycles. The van der Waals surface area contributed by atoms with Crippen molar-refractivity contribution in [3.8, 4) is 0 Å². The predicted octanol–water partition coefficient (Wildman–Crippen LogP) is 1.13. The van der Waals surface area contributed by atoms with E-state index in [1.165, 1.54) is 11.3 Å². The Morgan fingerprint density at radius 2 is 2.32 bits per heavy atom. The van der Waals surface area contributed by atoms with Crippen molar-refractivity contribution in [2.75, 3.05) is 19.8 Å². The highest BCUT2D eigenvalue weighted by molar-refractivity contribution is 7.91. The summed E-state index contributed by atoms with van der Waals surface area (Å²) in [5.74, 6) is 0. The molecule has 1 aliphatic heterocycles. The molecule has 0 aromatic carbocycles. The average Bonchev–Trinajstić information content (AvgIpc) is 2.98. The standard InChI is InChI=1S/C12H19NO4S2/c1-12(6-2-8-17-12)9-13-19(15,16)11-4-3-10(18-11)5-7-14/h3-4,13-14H,2,5-9H2,1H3. The van der Waals surface area contributed by atoms with E-state index in [1.54, 1.807) is 12.1 Å². The molecule has 2 rings (SSSR count). The maximum absolute atomic E-state index is 12.1. The number of rotatable bonds is 6. The maximum atomic E-state index is 12.1. The Hall–Kier alpha value is -0.470. The molecule has 108 valence electrons. The zero-order valence-corrected chi connectivity index (χ0v) is 12.5. The summed E-state index contributed by atoms with van der Waals surface area (Å²) in [5.41, 5.74) is -0.391. The predicted molar refractivity (Wildman–Crippen MR) is 73.9 cm³/mol. The number of hydrogen-bond donors (Lipinski definition) is 2. The van der Waals surface area contributed by atoms with E-state index in [9.17, 15) is 8.42 Å². The lowest BCUT2D eigenvalue weighted by Crippen LogP contribution is -2.39. The van der Waals surface area contributed by atoms with Crippen molar-refractivity contribution in [3.63, 3.8) is 0 Å². The summed E-state index contributed by atoms with van der Waals surface area (Å²) in [7, 11) is -3.48. The molecule has 7 heteroatoms. The third kappa shape index (κ3) is 3.76. The first kappa shape index (κ1) is 14.9. The first-order valence-corrected chi connectivity index (χ1v) is 8.58. The van der Waals surface area contributed by atoms with Gasteiger partial charge < -0.3 is 9.84 Å². The zero-order valence-electron chi connectivity index (χ0n) is 10.9. The normalized spacial score (nSPS) is 23.9. The summed E-state index contributed by atoms with van der Waals surface area (Å²) < 4.78 is 32.7. The van der Waals surface area contributed by atoms with E-state index < -0.39 is 15.6 Å². The molecule has 1 aliphatic rings. The van der Waals surface area contributed by atoms with Gasteiger partial charge in [-0.15, -0.1) is 11.3 Å². The molecule has 1 saturated heterocycles. The quantitative estimate of drug-likeness (QED) is 0.826. The van der Waals surface area contributed by atoms with Crippen molar-refractivity contribution >= 4 is 21.4 Å². The third-order valence-electron chi connectivity index (χ3n) is 3.20. The van der Waals surface area contributed by atoms with Crippen LogP contribution in [0.2, 0.25) is 0 Å². The van der Waals surface area contributed by atoms with Gasteiger partial charge in [0, 0.05) is 31.1 Å². The molecule has 1 atom stereocenters. The first-order chi connectivity index (χ1) is 8.95. The van der Waals surface area contributed by atoms with Crippen LogP contribution in [0.1, 0.15) is 24.6 Å². The van der Waals surface area contributed by atoms with Gasteiger partial charge in [0.1, 0.15) is 4.21 Å². The fourth-order valence-electron chi connectivity index (χ4n) is 2.04. The van der Waals surface area contributed by atoms with Crippen LogP contribution in [0, 0.1) is 0 Å². The van der Waals surface area contributed by atoms with Crippen LogP contribution in [-0.2, 0) is 21.2 Å². The van der Waals surface area contributed by atoms with Gasteiger partial charge in [-0.25, -0.2) is 13.1 Å². The van der Waals surface area contributed by atoms with Crippen molar-refractivity contribution in [2.24, 2.45) is 0 Å². The molecule has 1 fully saturated rings. The van der Waals surface area contributed by atoms with Gasteiger partial charge in [-0.05, 0) is 31.9 Å². The van der Waals surface area contributed by atoms with Crippen LogP contribution in [0.4, 0.5) is 0 Å². The highest BCUT2D eigenvalue weighted by Gasteiger charge is 2.31. The van der Waals surface area contributed by atoms with Crippen molar-refractivity contribution in [2.45, 2.75) is 36.0 Å². The van der Waals surface area contributed by atoms with E-state index >= 15 is 0 Å². The monoisotopic (exact) mass is 305 g/mol. The zero-order chi connectivity index (χ0) is 13.9. The Kier molecular flexibility index (Phi) is 4.62. The van der Waals surface area contributed by atoms with Gasteiger partial charge in [0.05, 0.1) is 5.60 Å². The van der Waals surface area contributed by atoms with Crippen molar-refractivity contribution < 1.29 is 18.3 Å². The highest BCUT2D eigenvalue weighted by atomic mass is 32.2. The largest absolute Gasteiger partial charge is 0.396 e. The molecule has 0 saturated carbocycles. The van der Waals surface area contributed by atoms with E-state index in [2.05, 4.69) is 4.72 Å². The fourth-order valence-corrected chi connectivity index (χ4v) is 4.59. The van der Waals surface area contributed by atoms with E-state index in [1.807, 2.05) is 6.92 Å². The van der Waals surface area contributed by atoms with Gasteiger partial charge in [0.15, 0.2) is 0 Å². The Morgan fingerprint density at radius 1 is 1.53 bits per heavy atom. The van der Waals surface area contributed by atoms with Crippen LogP contribution in [0.25, 0.3) is 0 Å². The average molecular weight is 305 g/mol. The number of sulfonamides is 1. The number of nitrogens with one attached hydrogen (secondary N) is 1. The van der Waals surface area contributed by atoms with E-state index in [-0.39, 0.29) is 10.8 Å². The van der Waals surface area contributed by atoms with Crippen LogP contribution in [0.15, 0.2) is 16.3 Å². The number of hydrogen-bond acceptors (Lipinski definition) is 5. The first-order valence-electron chi connectivity index (χ1n) is 6.28. The van der Waals surface area contributed by atoms with Crippen molar-refractivity contribution in [1.82, 2.24) is 4.72 Å². The van der Waals surface area contributed by atoms with E-state index in [0.717, 1.165) is 17.7 Å². The highest BCUT2D eigenvalue weighted by Crippen LogP contribution is 2.26. The number of aliphatic hydroxyl groups excluding tert-OH is 1. The molecule has 1 aromatic heterocycles. The Bertz CT molecular complexity index is 518. The topological polar surface area (TPSA) is 75.6 Å². The number of ether oxygens (including phenoxy) is 1. The lowest BCUT2D eigenvalue weighted by atomic mass is 10.0. The second-order valence-corrected chi connectivity index (χ2v) is 8.08. The number of aliphatic hydroxyl groups is 1. The Labute approximate surface area is 117 Å². The molecule has 19 heavy (non-hydrogen) atoms. The maximum Gasteiger partial charge on any atom is 0.250 e. The molecule has 1 unspecified atom stereocenters. The molecule has 1 aromatic rings. The van der Waals surface area contributed by atoms with Crippen molar-refractivity contribution in [3.05, 3.63) is 17.0 Å². The fraction of sp³-hybridized carbons (Fsp3) is 0.667. The minimum Gasteiger partial charge on any atom is -0.396 e. The Morgan fingerprint density at radius 3 is 2.95 bits per heavy atom. The summed E-state index contributed by atoms with van der Waals surface area (Å²) in [6, 6.07) is 3.32. The Balaban J connectivity index is 2.01. The van der Waals surface area contributed by atoms with E-state index in [4.69, 9.17) is 9.84 Å². The summed E-state index contributed by atoms with van der Waals surface area (Å²) in [5, 5.41) is 8.84. The van der Waals surface area contributed by atoms with Gasteiger partial charge in [-0.1, -0.05) is 0 Å². The van der Waals surface area contributed by atoms with Gasteiger partial charge in [0.2, 0.25) is 10.0 Å². The number of thiophene rings is 1. The second-order valence-electron chi connectivity index (χ2n) is 4.92. The lowest BCUT2D eigenvalue weighted by Gasteiger charge is -2.22. The minimum absolute atomic E-state index is 0.0271. The van der Waals surface area contributed by atoms with Gasteiger partial charge in [-0.3, -0.25) is 0 Å². The summed E-state index contributed by atoms with van der Waals surface area (Å²) in [6.07, 6.45) is 2.33. The molecule has 0 spiro atoms. The van der Waals surface area contributed by atoms with Gasteiger partial charge in [-0.2, -0.15) is 0 Å². The third-order valence-corrected chi connectivity index (χ3v) is 6.23.